The summed E-state index contributed by atoms with van der Waals surface area (Å²) < 4.78 is 51.5. The quantitative estimate of drug-likeness (QED) is 0.562. The summed E-state index contributed by atoms with van der Waals surface area (Å²) in [5.41, 5.74) is -1.33. The van der Waals surface area contributed by atoms with E-state index in [1.54, 1.807) is 0 Å². The summed E-state index contributed by atoms with van der Waals surface area (Å²) >= 11 is 4.34. The third-order valence-corrected chi connectivity index (χ3v) is 4.17. The van der Waals surface area contributed by atoms with Crippen molar-refractivity contribution in [2.45, 2.75) is 11.5 Å². The third kappa shape index (κ3) is 2.56. The van der Waals surface area contributed by atoms with Gasteiger partial charge in [0.25, 0.3) is 0 Å². The van der Waals surface area contributed by atoms with Crippen LogP contribution in [0, 0.1) is 5.82 Å². The Balaban J connectivity index is 2.52. The molecule has 0 spiro atoms. The molecule has 0 N–H and O–H groups in total. The molecular formula is C11H6BrF4NS. The Morgan fingerprint density at radius 3 is 2.56 bits per heavy atom. The molecule has 0 saturated carbocycles. The summed E-state index contributed by atoms with van der Waals surface area (Å²) in [5, 5.41) is 1.17. The maximum Gasteiger partial charge on any atom is 0.419 e. The summed E-state index contributed by atoms with van der Waals surface area (Å²) in [6, 6.07) is 3.23. The Bertz CT molecular complexity index is 564. The minimum atomic E-state index is -4.69. The normalized spacial score (nSPS) is 11.8. The molecule has 0 aliphatic carbocycles. The Hall–Kier alpha value is -0.950. The number of benzene rings is 1. The van der Waals surface area contributed by atoms with Gasteiger partial charge in [-0.15, -0.1) is 11.3 Å². The van der Waals surface area contributed by atoms with Crippen LogP contribution in [0.1, 0.15) is 10.6 Å². The Kier molecular flexibility index (Phi) is 3.72. The van der Waals surface area contributed by atoms with Crippen LogP contribution in [0.5, 0.6) is 0 Å². The lowest BCUT2D eigenvalue weighted by molar-refractivity contribution is -0.139. The van der Waals surface area contributed by atoms with Gasteiger partial charge in [0.1, 0.15) is 10.8 Å². The first-order valence-electron chi connectivity index (χ1n) is 4.80. The highest BCUT2D eigenvalue weighted by Crippen LogP contribution is 2.37. The predicted octanol–water partition coefficient (Wildman–Crippen LogP) is 4.86. The van der Waals surface area contributed by atoms with E-state index in [0.29, 0.717) is 15.2 Å². The summed E-state index contributed by atoms with van der Waals surface area (Å²) in [6.45, 7) is 0. The average Bonchev–Trinajstić information content (AvgIpc) is 2.76. The van der Waals surface area contributed by atoms with Crippen LogP contribution in [0.2, 0.25) is 0 Å². The highest BCUT2D eigenvalue weighted by Gasteiger charge is 2.35. The van der Waals surface area contributed by atoms with E-state index in [0.717, 1.165) is 17.4 Å². The first-order chi connectivity index (χ1) is 8.43. The van der Waals surface area contributed by atoms with Gasteiger partial charge < -0.3 is 0 Å². The summed E-state index contributed by atoms with van der Waals surface area (Å²) in [7, 11) is 0. The zero-order valence-electron chi connectivity index (χ0n) is 8.76. The van der Waals surface area contributed by atoms with Crippen LogP contribution < -0.4 is 0 Å². The largest absolute Gasteiger partial charge is 0.419 e. The molecule has 7 heteroatoms. The van der Waals surface area contributed by atoms with Gasteiger partial charge in [0.2, 0.25) is 0 Å². The van der Waals surface area contributed by atoms with Gasteiger partial charge in [-0.25, -0.2) is 9.37 Å². The Morgan fingerprint density at radius 1 is 1.28 bits per heavy atom. The van der Waals surface area contributed by atoms with E-state index in [1.807, 2.05) is 0 Å². The van der Waals surface area contributed by atoms with E-state index in [4.69, 9.17) is 0 Å². The van der Waals surface area contributed by atoms with Gasteiger partial charge in [-0.05, 0) is 6.07 Å². The van der Waals surface area contributed by atoms with Crippen molar-refractivity contribution in [1.29, 1.82) is 0 Å². The molecule has 2 aromatic rings. The molecule has 0 bridgehead atoms. The van der Waals surface area contributed by atoms with Gasteiger partial charge in [-0.1, -0.05) is 28.1 Å². The third-order valence-electron chi connectivity index (χ3n) is 2.24. The van der Waals surface area contributed by atoms with E-state index < -0.39 is 17.6 Å². The van der Waals surface area contributed by atoms with Crippen molar-refractivity contribution in [3.63, 3.8) is 0 Å². The molecule has 0 unspecified atom stereocenters. The van der Waals surface area contributed by atoms with Gasteiger partial charge in [0.05, 0.1) is 15.8 Å². The van der Waals surface area contributed by atoms with E-state index >= 15 is 0 Å². The van der Waals surface area contributed by atoms with Crippen LogP contribution in [0.15, 0.2) is 24.4 Å². The van der Waals surface area contributed by atoms with Crippen molar-refractivity contribution < 1.29 is 17.6 Å². The van der Waals surface area contributed by atoms with Gasteiger partial charge in [0.15, 0.2) is 0 Å². The second kappa shape index (κ2) is 4.97. The number of alkyl halides is 4. The van der Waals surface area contributed by atoms with Gasteiger partial charge >= 0.3 is 6.18 Å². The minimum Gasteiger partial charge on any atom is -0.248 e. The molecule has 0 saturated heterocycles. The molecule has 0 radical (unpaired) electrons. The maximum absolute atomic E-state index is 13.8. The van der Waals surface area contributed by atoms with Crippen LogP contribution in [0.3, 0.4) is 0 Å². The van der Waals surface area contributed by atoms with Crippen molar-refractivity contribution in [2.24, 2.45) is 0 Å². The lowest BCUT2D eigenvalue weighted by Gasteiger charge is -2.09. The summed E-state index contributed by atoms with van der Waals surface area (Å²) in [5.74, 6) is -1.25. The molecule has 0 atom stereocenters. The molecular weight excluding hydrogens is 334 g/mol. The molecule has 2 rings (SSSR count). The molecule has 1 heterocycles. The van der Waals surface area contributed by atoms with Gasteiger partial charge in [-0.3, -0.25) is 0 Å². The number of rotatable bonds is 2. The second-order valence-electron chi connectivity index (χ2n) is 3.42. The van der Waals surface area contributed by atoms with Crippen molar-refractivity contribution in [3.05, 3.63) is 40.8 Å². The van der Waals surface area contributed by atoms with Crippen molar-refractivity contribution >= 4 is 27.3 Å². The van der Waals surface area contributed by atoms with Crippen molar-refractivity contribution in [2.75, 3.05) is 0 Å². The first-order valence-corrected chi connectivity index (χ1v) is 6.74. The molecule has 1 aromatic heterocycles. The number of aromatic nitrogens is 1. The molecule has 1 nitrogen and oxygen atoms in total. The molecule has 18 heavy (non-hydrogen) atoms. The number of hydrogen-bond donors (Lipinski definition) is 0. The van der Waals surface area contributed by atoms with E-state index in [1.165, 1.54) is 18.3 Å². The SMILES string of the molecule is Fc1c(-c2cnc(CBr)s2)cccc1C(F)(F)F. The van der Waals surface area contributed by atoms with Gasteiger partial charge in [-0.2, -0.15) is 13.2 Å². The van der Waals surface area contributed by atoms with Crippen molar-refractivity contribution in [1.82, 2.24) is 4.98 Å². The fourth-order valence-corrected chi connectivity index (χ4v) is 2.71. The highest BCUT2D eigenvalue weighted by molar-refractivity contribution is 9.08. The average molecular weight is 340 g/mol. The second-order valence-corrected chi connectivity index (χ2v) is 5.09. The Labute approximate surface area is 113 Å². The number of halogens is 5. The fraction of sp³-hybridized carbons (Fsp3) is 0.182. The maximum atomic E-state index is 13.8. The lowest BCUT2D eigenvalue weighted by Crippen LogP contribution is -2.08. The van der Waals surface area contributed by atoms with Crippen LogP contribution in [-0.2, 0) is 11.5 Å². The molecule has 0 aliphatic rings. The smallest absolute Gasteiger partial charge is 0.248 e. The number of nitrogens with zero attached hydrogens (tertiary/aromatic N) is 1. The van der Waals surface area contributed by atoms with Crippen LogP contribution in [0.25, 0.3) is 10.4 Å². The topological polar surface area (TPSA) is 12.9 Å². The van der Waals surface area contributed by atoms with Crippen molar-refractivity contribution in [3.8, 4) is 10.4 Å². The predicted molar refractivity (Wildman–Crippen MR) is 65.1 cm³/mol. The Morgan fingerprint density at radius 2 is 2.00 bits per heavy atom. The van der Waals surface area contributed by atoms with Crippen LogP contribution in [0.4, 0.5) is 17.6 Å². The number of thiazole rings is 1. The first kappa shape index (κ1) is 13.5. The minimum absolute atomic E-state index is 0.0745. The number of hydrogen-bond acceptors (Lipinski definition) is 2. The van der Waals surface area contributed by atoms with Crippen LogP contribution in [-0.4, -0.2) is 4.98 Å². The monoisotopic (exact) mass is 339 g/mol. The molecule has 96 valence electrons. The fourth-order valence-electron chi connectivity index (χ4n) is 1.44. The molecule has 0 aliphatic heterocycles. The molecule has 0 amide bonds. The highest BCUT2D eigenvalue weighted by atomic mass is 79.9. The lowest BCUT2D eigenvalue weighted by atomic mass is 10.1. The van der Waals surface area contributed by atoms with E-state index in [2.05, 4.69) is 20.9 Å². The van der Waals surface area contributed by atoms with E-state index in [9.17, 15) is 17.6 Å². The van der Waals surface area contributed by atoms with E-state index in [-0.39, 0.29) is 5.56 Å². The zero-order valence-corrected chi connectivity index (χ0v) is 11.2. The van der Waals surface area contributed by atoms with Gasteiger partial charge in [0, 0.05) is 11.8 Å². The summed E-state index contributed by atoms with van der Waals surface area (Å²) in [6.07, 6.45) is -3.32. The molecule has 0 fully saturated rings. The zero-order chi connectivity index (χ0) is 13.3. The standard InChI is InChI=1S/C11H6BrF4NS/c12-4-9-17-5-8(18-9)6-2-1-3-7(10(6)13)11(14,15)16/h1-3,5H,4H2. The summed E-state index contributed by atoms with van der Waals surface area (Å²) in [4.78, 5) is 4.35. The molecule has 1 aromatic carbocycles. The van der Waals surface area contributed by atoms with Crippen LogP contribution >= 0.6 is 27.3 Å².